The van der Waals surface area contributed by atoms with Crippen molar-refractivity contribution in [2.45, 2.75) is 24.8 Å². The molecule has 0 atom stereocenters. The number of thioether (sulfide) groups is 1. The van der Waals surface area contributed by atoms with Crippen LogP contribution in [0.4, 0.5) is 5.82 Å². The molecule has 0 fully saturated rings. The minimum Gasteiger partial charge on any atom is -0.462 e. The van der Waals surface area contributed by atoms with Crippen LogP contribution in [-0.4, -0.2) is 32.1 Å². The monoisotopic (exact) mass is 347 g/mol. The van der Waals surface area contributed by atoms with Gasteiger partial charge in [-0.2, -0.15) is 4.98 Å². The Kier molecular flexibility index (Phi) is 4.43. The lowest BCUT2D eigenvalue weighted by molar-refractivity contribution is 0.0526. The van der Waals surface area contributed by atoms with Gasteiger partial charge >= 0.3 is 5.97 Å². The highest BCUT2D eigenvalue weighted by Gasteiger charge is 2.23. The van der Waals surface area contributed by atoms with Crippen LogP contribution >= 0.6 is 11.8 Å². The molecular weight excluding hydrogens is 330 g/mol. The molecule has 0 amide bonds. The molecule has 0 spiro atoms. The number of furan rings is 1. The van der Waals surface area contributed by atoms with Gasteiger partial charge in [0, 0.05) is 19.4 Å². The molecule has 24 heavy (non-hydrogen) atoms. The smallest absolute Gasteiger partial charge is 0.342 e. The lowest BCUT2D eigenvalue weighted by Gasteiger charge is -2.04. The van der Waals surface area contributed by atoms with E-state index >= 15 is 0 Å². The van der Waals surface area contributed by atoms with Crippen LogP contribution in [0.25, 0.3) is 11.1 Å². The van der Waals surface area contributed by atoms with Gasteiger partial charge in [-0.05, 0) is 13.8 Å². The Labute approximate surface area is 142 Å². The van der Waals surface area contributed by atoms with Gasteiger partial charge in [0.25, 0.3) is 0 Å². The Bertz CT molecular complexity index is 902. The molecule has 0 saturated carbocycles. The number of aryl methyl sites for hydroxylation is 2. The van der Waals surface area contributed by atoms with Crippen molar-refractivity contribution in [1.82, 2.24) is 19.5 Å². The summed E-state index contributed by atoms with van der Waals surface area (Å²) >= 11 is 1.49. The number of aromatic nitrogens is 4. The van der Waals surface area contributed by atoms with Crippen LogP contribution in [-0.2, 0) is 17.5 Å². The molecule has 0 radical (unpaired) electrons. The van der Waals surface area contributed by atoms with Crippen LogP contribution in [0.5, 0.6) is 0 Å². The molecule has 3 aromatic rings. The van der Waals surface area contributed by atoms with Gasteiger partial charge in [-0.25, -0.2) is 14.8 Å². The van der Waals surface area contributed by atoms with E-state index in [1.807, 2.05) is 17.8 Å². The summed E-state index contributed by atoms with van der Waals surface area (Å²) in [5.74, 6) is 1.13. The van der Waals surface area contributed by atoms with E-state index in [2.05, 4.69) is 15.0 Å². The standard InChI is InChI=1S/C15H17N5O3S/c1-4-22-14(21)10-8(2)23-13-11(10)12(16)18-9(19-13)7-24-15-17-5-6-20(15)3/h5-6H,4,7H2,1-3H3,(H2,16,18,19). The summed E-state index contributed by atoms with van der Waals surface area (Å²) < 4.78 is 12.5. The second-order valence-electron chi connectivity index (χ2n) is 5.07. The quantitative estimate of drug-likeness (QED) is 0.553. The molecule has 0 aliphatic rings. The fourth-order valence-corrected chi connectivity index (χ4v) is 3.10. The molecule has 0 unspecified atom stereocenters. The number of nitrogen functional groups attached to an aromatic ring is 1. The Hall–Kier alpha value is -2.55. The number of imidazole rings is 1. The Morgan fingerprint density at radius 1 is 1.46 bits per heavy atom. The van der Waals surface area contributed by atoms with Gasteiger partial charge in [0.2, 0.25) is 5.71 Å². The zero-order valence-corrected chi connectivity index (χ0v) is 14.4. The number of anilines is 1. The molecule has 8 nitrogen and oxygen atoms in total. The van der Waals surface area contributed by atoms with Gasteiger partial charge in [0.1, 0.15) is 23.0 Å². The van der Waals surface area contributed by atoms with E-state index in [4.69, 9.17) is 14.9 Å². The number of nitrogens with zero attached hydrogens (tertiary/aromatic N) is 4. The van der Waals surface area contributed by atoms with E-state index in [1.165, 1.54) is 11.8 Å². The van der Waals surface area contributed by atoms with Crippen LogP contribution in [0.2, 0.25) is 0 Å². The van der Waals surface area contributed by atoms with E-state index < -0.39 is 5.97 Å². The Morgan fingerprint density at radius 3 is 2.92 bits per heavy atom. The summed E-state index contributed by atoms with van der Waals surface area (Å²) in [5, 5.41) is 1.25. The van der Waals surface area contributed by atoms with Gasteiger partial charge in [0.05, 0.1) is 17.7 Å². The minimum atomic E-state index is -0.487. The number of rotatable bonds is 5. The van der Waals surface area contributed by atoms with Crippen molar-refractivity contribution in [3.63, 3.8) is 0 Å². The molecule has 3 rings (SSSR count). The number of carbonyl (C=O) groups is 1. The first-order chi connectivity index (χ1) is 11.5. The van der Waals surface area contributed by atoms with E-state index in [9.17, 15) is 4.79 Å². The normalized spacial score (nSPS) is 11.1. The zero-order valence-electron chi connectivity index (χ0n) is 13.6. The van der Waals surface area contributed by atoms with Crippen LogP contribution in [0.3, 0.4) is 0 Å². The predicted octanol–water partition coefficient (Wildman–Crippen LogP) is 2.32. The summed E-state index contributed by atoms with van der Waals surface area (Å²) in [6, 6.07) is 0. The molecule has 126 valence electrons. The fraction of sp³-hybridized carbons (Fsp3) is 0.333. The minimum absolute atomic E-state index is 0.204. The third-order valence-corrected chi connectivity index (χ3v) is 4.44. The average molecular weight is 347 g/mol. The molecule has 0 aromatic carbocycles. The fourth-order valence-electron chi connectivity index (χ4n) is 2.32. The third kappa shape index (κ3) is 2.94. The molecule has 3 aromatic heterocycles. The molecule has 0 aliphatic carbocycles. The summed E-state index contributed by atoms with van der Waals surface area (Å²) in [4.78, 5) is 25.0. The zero-order chi connectivity index (χ0) is 17.3. The lowest BCUT2D eigenvalue weighted by atomic mass is 10.2. The largest absolute Gasteiger partial charge is 0.462 e. The van der Waals surface area contributed by atoms with E-state index in [0.29, 0.717) is 28.4 Å². The van der Waals surface area contributed by atoms with Crippen molar-refractivity contribution in [3.05, 3.63) is 29.5 Å². The maximum absolute atomic E-state index is 12.1. The first-order valence-electron chi connectivity index (χ1n) is 7.34. The Morgan fingerprint density at radius 2 is 2.25 bits per heavy atom. The number of hydrogen-bond acceptors (Lipinski definition) is 8. The highest BCUT2D eigenvalue weighted by Crippen LogP contribution is 2.30. The SMILES string of the molecule is CCOC(=O)c1c(C)oc2nc(CSc3nccn3C)nc(N)c12. The molecule has 9 heteroatoms. The van der Waals surface area contributed by atoms with Crippen molar-refractivity contribution in [3.8, 4) is 0 Å². The van der Waals surface area contributed by atoms with Crippen LogP contribution in [0.1, 0.15) is 28.9 Å². The van der Waals surface area contributed by atoms with Gasteiger partial charge in [-0.3, -0.25) is 0 Å². The van der Waals surface area contributed by atoms with Crippen molar-refractivity contribution in [2.75, 3.05) is 12.3 Å². The lowest BCUT2D eigenvalue weighted by Crippen LogP contribution is -2.07. The molecule has 2 N–H and O–H groups in total. The number of ether oxygens (including phenoxy) is 1. The first-order valence-corrected chi connectivity index (χ1v) is 8.32. The molecule has 0 saturated heterocycles. The van der Waals surface area contributed by atoms with Crippen LogP contribution < -0.4 is 5.73 Å². The maximum Gasteiger partial charge on any atom is 0.342 e. The summed E-state index contributed by atoms with van der Waals surface area (Å²) in [5.41, 5.74) is 6.61. The molecular formula is C15H17N5O3S. The second-order valence-corrected chi connectivity index (χ2v) is 6.01. The topological polar surface area (TPSA) is 109 Å². The first kappa shape index (κ1) is 16.3. The average Bonchev–Trinajstić information content (AvgIpc) is 3.08. The van der Waals surface area contributed by atoms with E-state index in [0.717, 1.165) is 5.16 Å². The van der Waals surface area contributed by atoms with Crippen LogP contribution in [0, 0.1) is 6.92 Å². The number of hydrogen-bond donors (Lipinski definition) is 1. The number of nitrogens with two attached hydrogens (primary N) is 1. The second kappa shape index (κ2) is 6.52. The third-order valence-electron chi connectivity index (χ3n) is 3.39. The van der Waals surface area contributed by atoms with Gasteiger partial charge in [-0.15, -0.1) is 0 Å². The van der Waals surface area contributed by atoms with Gasteiger partial charge in [-0.1, -0.05) is 11.8 Å². The molecule has 0 bridgehead atoms. The highest BCUT2D eigenvalue weighted by atomic mass is 32.2. The van der Waals surface area contributed by atoms with Crippen molar-refractivity contribution < 1.29 is 13.9 Å². The van der Waals surface area contributed by atoms with Crippen molar-refractivity contribution >= 4 is 34.6 Å². The van der Waals surface area contributed by atoms with E-state index in [-0.39, 0.29) is 18.0 Å². The van der Waals surface area contributed by atoms with E-state index in [1.54, 1.807) is 20.0 Å². The summed E-state index contributed by atoms with van der Waals surface area (Å²) in [7, 11) is 1.91. The predicted molar refractivity (Wildman–Crippen MR) is 89.7 cm³/mol. The number of carbonyl (C=O) groups excluding carboxylic acids is 1. The number of esters is 1. The molecule has 3 heterocycles. The van der Waals surface area contributed by atoms with Gasteiger partial charge < -0.3 is 19.5 Å². The van der Waals surface area contributed by atoms with Crippen molar-refractivity contribution in [1.29, 1.82) is 0 Å². The molecule has 0 aliphatic heterocycles. The summed E-state index contributed by atoms with van der Waals surface area (Å²) in [6.07, 6.45) is 3.59. The highest BCUT2D eigenvalue weighted by molar-refractivity contribution is 7.98. The van der Waals surface area contributed by atoms with Crippen LogP contribution in [0.15, 0.2) is 22.0 Å². The number of fused-ring (bicyclic) bond motifs is 1. The summed E-state index contributed by atoms with van der Waals surface area (Å²) in [6.45, 7) is 3.68. The maximum atomic E-state index is 12.1. The van der Waals surface area contributed by atoms with Gasteiger partial charge in [0.15, 0.2) is 5.16 Å². The Balaban J connectivity index is 1.93. The van der Waals surface area contributed by atoms with Crippen molar-refractivity contribution in [2.24, 2.45) is 7.05 Å².